The van der Waals surface area contributed by atoms with Crippen LogP contribution in [-0.4, -0.2) is 22.4 Å². The smallest absolute Gasteiger partial charge is 0.208 e. The Kier molecular flexibility index (Phi) is 5.78. The molecule has 0 unspecified atom stereocenters. The lowest BCUT2D eigenvalue weighted by atomic mass is 10.0. The fourth-order valence-corrected chi connectivity index (χ4v) is 3.33. The quantitative estimate of drug-likeness (QED) is 0.400. The number of benzene rings is 2. The number of methoxy groups -OCH3 is 1. The highest BCUT2D eigenvalue weighted by molar-refractivity contribution is 5.99. The molecule has 0 aliphatic carbocycles. The van der Waals surface area contributed by atoms with Gasteiger partial charge in [0.1, 0.15) is 33.6 Å². The summed E-state index contributed by atoms with van der Waals surface area (Å²) >= 11 is 0. The molecule has 0 amide bonds. The van der Waals surface area contributed by atoms with Crippen molar-refractivity contribution in [1.29, 1.82) is 0 Å². The Balaban J connectivity index is 2.41. The first kappa shape index (κ1) is 21.3. The number of rotatable bonds is 5. The molecule has 0 saturated carbocycles. The Bertz CT molecular complexity index is 1250. The van der Waals surface area contributed by atoms with E-state index in [1.807, 2.05) is 39.8 Å². The molecule has 30 heavy (non-hydrogen) atoms. The molecule has 0 bridgehead atoms. The number of fused-ring (bicyclic) bond motifs is 2. The van der Waals surface area contributed by atoms with E-state index in [9.17, 15) is 20.1 Å². The monoisotopic (exact) mass is 410 g/mol. The molecule has 0 aliphatic heterocycles. The normalized spacial score (nSPS) is 11.0. The zero-order valence-corrected chi connectivity index (χ0v) is 17.8. The Morgan fingerprint density at radius 3 is 2.20 bits per heavy atom. The van der Waals surface area contributed by atoms with Crippen LogP contribution in [0.5, 0.6) is 23.0 Å². The first-order valence-corrected chi connectivity index (χ1v) is 9.65. The van der Waals surface area contributed by atoms with Crippen molar-refractivity contribution in [3.05, 3.63) is 56.8 Å². The van der Waals surface area contributed by atoms with Gasteiger partial charge in [-0.15, -0.1) is 0 Å². The molecular weight excluding hydrogens is 384 g/mol. The van der Waals surface area contributed by atoms with Crippen molar-refractivity contribution in [2.45, 2.75) is 40.5 Å². The van der Waals surface area contributed by atoms with Gasteiger partial charge in [0.05, 0.1) is 7.11 Å². The largest absolute Gasteiger partial charge is 0.507 e. The van der Waals surface area contributed by atoms with Crippen molar-refractivity contribution < 1.29 is 24.5 Å². The van der Waals surface area contributed by atoms with Crippen LogP contribution in [0.4, 0.5) is 0 Å². The maximum atomic E-state index is 13.3. The minimum Gasteiger partial charge on any atom is -0.507 e. The van der Waals surface area contributed by atoms with Crippen molar-refractivity contribution in [3.8, 4) is 23.0 Å². The number of hydrogen-bond donors (Lipinski definition) is 3. The van der Waals surface area contributed by atoms with Crippen LogP contribution in [0, 0.1) is 0 Å². The van der Waals surface area contributed by atoms with Gasteiger partial charge in [0.2, 0.25) is 5.43 Å². The summed E-state index contributed by atoms with van der Waals surface area (Å²) in [5, 5.41) is 31.8. The maximum absolute atomic E-state index is 13.3. The molecule has 0 spiro atoms. The number of phenols is 3. The van der Waals surface area contributed by atoms with Crippen LogP contribution in [0.3, 0.4) is 0 Å². The van der Waals surface area contributed by atoms with Gasteiger partial charge in [-0.05, 0) is 46.6 Å². The van der Waals surface area contributed by atoms with Gasteiger partial charge < -0.3 is 24.5 Å². The molecule has 3 rings (SSSR count). The Hall–Kier alpha value is -3.41. The van der Waals surface area contributed by atoms with E-state index in [1.54, 1.807) is 6.07 Å². The summed E-state index contributed by atoms with van der Waals surface area (Å²) in [7, 11) is 1.44. The summed E-state index contributed by atoms with van der Waals surface area (Å²) in [5.41, 5.74) is 2.29. The lowest BCUT2D eigenvalue weighted by Crippen LogP contribution is -2.06. The number of ether oxygens (including phenoxy) is 1. The first-order valence-electron chi connectivity index (χ1n) is 9.65. The van der Waals surface area contributed by atoms with Crippen molar-refractivity contribution in [3.63, 3.8) is 0 Å². The minimum atomic E-state index is -0.586. The summed E-state index contributed by atoms with van der Waals surface area (Å²) in [6.07, 6.45) is 4.42. The topological polar surface area (TPSA) is 100 Å². The SMILES string of the molecule is COc1cc(CC=C(C)C)c(O)c2c(=O)c3c(O)c(CC=C(C)C)c(O)cc3oc12. The second-order valence-corrected chi connectivity index (χ2v) is 7.79. The van der Waals surface area contributed by atoms with E-state index in [2.05, 4.69) is 0 Å². The minimum absolute atomic E-state index is 0.0122. The van der Waals surface area contributed by atoms with Crippen LogP contribution < -0.4 is 10.2 Å². The lowest BCUT2D eigenvalue weighted by molar-refractivity contribution is 0.408. The first-order chi connectivity index (χ1) is 14.1. The van der Waals surface area contributed by atoms with Gasteiger partial charge in [0.15, 0.2) is 11.3 Å². The molecule has 0 radical (unpaired) electrons. The summed E-state index contributed by atoms with van der Waals surface area (Å²) < 4.78 is 11.2. The van der Waals surface area contributed by atoms with E-state index < -0.39 is 5.43 Å². The van der Waals surface area contributed by atoms with Gasteiger partial charge in [-0.25, -0.2) is 0 Å². The van der Waals surface area contributed by atoms with Crippen LogP contribution in [0.25, 0.3) is 21.9 Å². The second kappa shape index (κ2) is 8.14. The molecular formula is C24H26O6. The van der Waals surface area contributed by atoms with Crippen molar-refractivity contribution in [2.75, 3.05) is 7.11 Å². The van der Waals surface area contributed by atoms with E-state index in [-0.39, 0.29) is 56.9 Å². The fourth-order valence-electron chi connectivity index (χ4n) is 3.33. The summed E-state index contributed by atoms with van der Waals surface area (Å²) in [6, 6.07) is 2.92. The molecule has 3 aromatic rings. The van der Waals surface area contributed by atoms with E-state index in [0.717, 1.165) is 11.1 Å². The van der Waals surface area contributed by atoms with Crippen LogP contribution in [-0.2, 0) is 12.8 Å². The third-order valence-corrected chi connectivity index (χ3v) is 4.97. The molecule has 0 fully saturated rings. The van der Waals surface area contributed by atoms with E-state index in [1.165, 1.54) is 13.2 Å². The van der Waals surface area contributed by atoms with Crippen LogP contribution in [0.1, 0.15) is 38.8 Å². The molecule has 2 aromatic carbocycles. The van der Waals surface area contributed by atoms with Crippen molar-refractivity contribution in [2.24, 2.45) is 0 Å². The third kappa shape index (κ3) is 3.73. The summed E-state index contributed by atoms with van der Waals surface area (Å²) in [4.78, 5) is 13.3. The average molecular weight is 410 g/mol. The van der Waals surface area contributed by atoms with Gasteiger partial charge in [-0.3, -0.25) is 4.79 Å². The Labute approximate surface area is 174 Å². The number of aromatic hydroxyl groups is 3. The molecule has 0 aliphatic rings. The molecule has 6 nitrogen and oxygen atoms in total. The number of phenolic OH excluding ortho intramolecular Hbond substituents is 3. The Morgan fingerprint density at radius 1 is 0.967 bits per heavy atom. The third-order valence-electron chi connectivity index (χ3n) is 4.97. The highest BCUT2D eigenvalue weighted by atomic mass is 16.5. The van der Waals surface area contributed by atoms with Gasteiger partial charge in [0, 0.05) is 17.2 Å². The predicted octanol–water partition coefficient (Wildman–Crippen LogP) is 5.09. The molecule has 0 saturated heterocycles. The van der Waals surface area contributed by atoms with Crippen LogP contribution >= 0.6 is 0 Å². The fraction of sp³-hybridized carbons (Fsp3) is 0.292. The second-order valence-electron chi connectivity index (χ2n) is 7.79. The maximum Gasteiger partial charge on any atom is 0.208 e. The Morgan fingerprint density at radius 2 is 1.60 bits per heavy atom. The highest BCUT2D eigenvalue weighted by Gasteiger charge is 2.23. The molecule has 1 heterocycles. The van der Waals surface area contributed by atoms with Gasteiger partial charge in [-0.1, -0.05) is 23.3 Å². The zero-order valence-electron chi connectivity index (χ0n) is 17.8. The summed E-state index contributed by atoms with van der Waals surface area (Å²) in [6.45, 7) is 7.68. The van der Waals surface area contributed by atoms with Crippen molar-refractivity contribution >= 4 is 21.9 Å². The molecule has 1 aromatic heterocycles. The standard InChI is InChI=1S/C24H26O6/c1-12(2)6-8-14-10-18(29-5)24-20(21(14)26)23(28)19-17(30-24)11-16(25)15(22(19)27)9-7-13(3)4/h6-7,10-11,25-27H,8-9H2,1-5H3. The van der Waals surface area contributed by atoms with Crippen LogP contribution in [0.15, 0.2) is 44.6 Å². The molecule has 6 heteroatoms. The molecule has 158 valence electrons. The number of hydrogen-bond acceptors (Lipinski definition) is 6. The van der Waals surface area contributed by atoms with E-state index in [4.69, 9.17) is 9.15 Å². The molecule has 0 atom stereocenters. The van der Waals surface area contributed by atoms with Crippen molar-refractivity contribution in [1.82, 2.24) is 0 Å². The summed E-state index contributed by atoms with van der Waals surface area (Å²) in [5.74, 6) is -0.460. The van der Waals surface area contributed by atoms with E-state index in [0.29, 0.717) is 12.0 Å². The average Bonchev–Trinajstić information content (AvgIpc) is 2.66. The number of allylic oxidation sites excluding steroid dienone is 4. The van der Waals surface area contributed by atoms with Gasteiger partial charge in [-0.2, -0.15) is 0 Å². The van der Waals surface area contributed by atoms with E-state index >= 15 is 0 Å². The highest BCUT2D eigenvalue weighted by Crippen LogP contribution is 2.40. The lowest BCUT2D eigenvalue weighted by Gasteiger charge is -2.13. The molecule has 3 N–H and O–H groups in total. The van der Waals surface area contributed by atoms with Gasteiger partial charge >= 0.3 is 0 Å². The van der Waals surface area contributed by atoms with Gasteiger partial charge in [0.25, 0.3) is 0 Å². The predicted molar refractivity (Wildman–Crippen MR) is 118 cm³/mol. The van der Waals surface area contributed by atoms with Crippen LogP contribution in [0.2, 0.25) is 0 Å². The zero-order chi connectivity index (χ0) is 22.2.